The zero-order chi connectivity index (χ0) is 12.3. The highest BCUT2D eigenvalue weighted by atomic mass is 16.3. The molecule has 4 rings (SSSR count). The van der Waals surface area contributed by atoms with Crippen LogP contribution >= 0.6 is 0 Å². The lowest BCUT2D eigenvalue weighted by Crippen LogP contribution is -2.28. The van der Waals surface area contributed by atoms with Crippen molar-refractivity contribution in [3.05, 3.63) is 36.4 Å². The van der Waals surface area contributed by atoms with E-state index in [0.29, 0.717) is 17.8 Å². The molecule has 1 aromatic carbocycles. The largest absolute Gasteiger partial charge is 0.508 e. The van der Waals surface area contributed by atoms with Crippen molar-refractivity contribution in [2.24, 2.45) is 23.7 Å². The molecule has 92 valence electrons. The molecule has 2 bridgehead atoms. The van der Waals surface area contributed by atoms with Crippen LogP contribution in [-0.2, 0) is 4.79 Å². The van der Waals surface area contributed by atoms with Gasteiger partial charge in [-0.25, -0.2) is 0 Å². The second kappa shape index (κ2) is 3.37. The van der Waals surface area contributed by atoms with Crippen LogP contribution in [0.25, 0.3) is 0 Å². The number of allylic oxidation sites excluding steroid dienone is 2. The van der Waals surface area contributed by atoms with E-state index in [1.54, 1.807) is 12.1 Å². The van der Waals surface area contributed by atoms with Crippen LogP contribution in [0.4, 0.5) is 5.69 Å². The molecule has 3 heteroatoms. The second-order valence-electron chi connectivity index (χ2n) is 5.60. The Morgan fingerprint density at radius 3 is 2.56 bits per heavy atom. The molecule has 1 amide bonds. The molecule has 1 saturated carbocycles. The van der Waals surface area contributed by atoms with E-state index in [2.05, 4.69) is 12.2 Å². The molecule has 1 saturated heterocycles. The lowest BCUT2D eigenvalue weighted by Gasteiger charge is -2.18. The first-order chi connectivity index (χ1) is 8.74. The van der Waals surface area contributed by atoms with Gasteiger partial charge in [-0.05, 0) is 48.4 Å². The van der Waals surface area contributed by atoms with Gasteiger partial charge in [0, 0.05) is 18.2 Å². The van der Waals surface area contributed by atoms with Crippen LogP contribution in [-0.4, -0.2) is 17.6 Å². The molecule has 4 unspecified atom stereocenters. The fraction of sp³-hybridized carbons (Fsp3) is 0.400. The minimum absolute atomic E-state index is 0.203. The molecule has 4 atom stereocenters. The number of carbonyl (C=O) groups excluding carboxylic acids is 1. The minimum atomic E-state index is 0.203. The Morgan fingerprint density at radius 1 is 1.11 bits per heavy atom. The predicted molar refractivity (Wildman–Crippen MR) is 68.2 cm³/mol. The highest BCUT2D eigenvalue weighted by Crippen LogP contribution is 2.52. The van der Waals surface area contributed by atoms with E-state index in [4.69, 9.17) is 0 Å². The summed E-state index contributed by atoms with van der Waals surface area (Å²) in [6.45, 7) is 0.833. The molecule has 2 fully saturated rings. The van der Waals surface area contributed by atoms with Crippen molar-refractivity contribution in [3.8, 4) is 5.75 Å². The average molecular weight is 241 g/mol. The summed E-state index contributed by atoms with van der Waals surface area (Å²) in [6, 6.07) is 6.93. The molecule has 3 nitrogen and oxygen atoms in total. The minimum Gasteiger partial charge on any atom is -0.508 e. The van der Waals surface area contributed by atoms with Gasteiger partial charge in [-0.15, -0.1) is 0 Å². The molecule has 0 spiro atoms. The predicted octanol–water partition coefficient (Wildman–Crippen LogP) is 2.18. The quantitative estimate of drug-likeness (QED) is 0.765. The van der Waals surface area contributed by atoms with E-state index in [1.165, 1.54) is 6.42 Å². The van der Waals surface area contributed by atoms with Gasteiger partial charge in [0.1, 0.15) is 5.75 Å². The number of anilines is 1. The van der Waals surface area contributed by atoms with Gasteiger partial charge in [0.25, 0.3) is 0 Å². The van der Waals surface area contributed by atoms with Crippen LogP contribution in [0.1, 0.15) is 6.42 Å². The monoisotopic (exact) mass is 241 g/mol. The maximum Gasteiger partial charge on any atom is 0.231 e. The first-order valence-corrected chi connectivity index (χ1v) is 6.53. The van der Waals surface area contributed by atoms with E-state index >= 15 is 0 Å². The van der Waals surface area contributed by atoms with Gasteiger partial charge in [-0.1, -0.05) is 12.2 Å². The first kappa shape index (κ1) is 10.2. The number of hydrogen-bond donors (Lipinski definition) is 1. The highest BCUT2D eigenvalue weighted by Gasteiger charge is 2.54. The van der Waals surface area contributed by atoms with E-state index in [9.17, 15) is 9.90 Å². The van der Waals surface area contributed by atoms with Gasteiger partial charge in [0.05, 0.1) is 0 Å². The molecule has 2 aliphatic carbocycles. The fourth-order valence-electron chi connectivity index (χ4n) is 3.89. The van der Waals surface area contributed by atoms with Crippen LogP contribution in [0.5, 0.6) is 5.75 Å². The first-order valence-electron chi connectivity index (χ1n) is 6.53. The molecule has 1 aromatic rings. The number of nitrogens with zero attached hydrogens (tertiary/aromatic N) is 1. The summed E-state index contributed by atoms with van der Waals surface area (Å²) in [5.74, 6) is 2.28. The molecular weight excluding hydrogens is 226 g/mol. The standard InChI is InChI=1S/C15H15NO2/c17-12-5-3-11(4-6-12)16-8-13-9-1-2-10(7-9)14(13)15(16)18/h1-6,9-10,13-14,17H,7-8H2. The zero-order valence-corrected chi connectivity index (χ0v) is 9.99. The Morgan fingerprint density at radius 2 is 1.83 bits per heavy atom. The van der Waals surface area contributed by atoms with Gasteiger partial charge >= 0.3 is 0 Å². The Balaban J connectivity index is 1.66. The van der Waals surface area contributed by atoms with Crippen molar-refractivity contribution in [1.82, 2.24) is 0 Å². The molecule has 0 radical (unpaired) electrons. The maximum absolute atomic E-state index is 12.5. The van der Waals surface area contributed by atoms with Crippen molar-refractivity contribution < 1.29 is 9.90 Å². The lowest BCUT2D eigenvalue weighted by atomic mass is 9.86. The molecule has 3 aliphatic rings. The van der Waals surface area contributed by atoms with Crippen LogP contribution in [0.15, 0.2) is 36.4 Å². The zero-order valence-electron chi connectivity index (χ0n) is 9.99. The Labute approximate surface area is 106 Å². The number of carbonyl (C=O) groups is 1. The van der Waals surface area contributed by atoms with Crippen LogP contribution in [0.3, 0.4) is 0 Å². The van der Waals surface area contributed by atoms with Crippen LogP contribution in [0, 0.1) is 23.7 Å². The Kier molecular flexibility index (Phi) is 1.91. The summed E-state index contributed by atoms with van der Waals surface area (Å²) in [4.78, 5) is 14.4. The smallest absolute Gasteiger partial charge is 0.231 e. The van der Waals surface area contributed by atoms with Crippen molar-refractivity contribution in [1.29, 1.82) is 0 Å². The van der Waals surface area contributed by atoms with Gasteiger partial charge in [-0.3, -0.25) is 4.79 Å². The number of hydrogen-bond acceptors (Lipinski definition) is 2. The number of benzene rings is 1. The number of amides is 1. The third kappa shape index (κ3) is 1.22. The van der Waals surface area contributed by atoms with Gasteiger partial charge in [-0.2, -0.15) is 0 Å². The van der Waals surface area contributed by atoms with Gasteiger partial charge in [0.15, 0.2) is 0 Å². The van der Waals surface area contributed by atoms with Crippen molar-refractivity contribution in [2.75, 3.05) is 11.4 Å². The molecule has 1 N–H and O–H groups in total. The number of aromatic hydroxyl groups is 1. The summed E-state index contributed by atoms with van der Waals surface area (Å²) in [5.41, 5.74) is 0.909. The third-order valence-electron chi connectivity index (χ3n) is 4.73. The molecule has 0 aromatic heterocycles. The highest BCUT2D eigenvalue weighted by molar-refractivity contribution is 5.98. The SMILES string of the molecule is O=C1C2C3C=CC(C3)C2CN1c1ccc(O)cc1. The second-order valence-corrected chi connectivity index (χ2v) is 5.60. The summed E-state index contributed by atoms with van der Waals surface area (Å²) >= 11 is 0. The van der Waals surface area contributed by atoms with Crippen molar-refractivity contribution in [2.45, 2.75) is 6.42 Å². The third-order valence-corrected chi connectivity index (χ3v) is 4.73. The summed E-state index contributed by atoms with van der Waals surface area (Å²) in [7, 11) is 0. The van der Waals surface area contributed by atoms with Gasteiger partial charge < -0.3 is 10.0 Å². The lowest BCUT2D eigenvalue weighted by molar-refractivity contribution is -0.121. The maximum atomic E-state index is 12.5. The summed E-state index contributed by atoms with van der Waals surface area (Å²) < 4.78 is 0. The van der Waals surface area contributed by atoms with Crippen molar-refractivity contribution in [3.63, 3.8) is 0 Å². The van der Waals surface area contributed by atoms with Crippen molar-refractivity contribution >= 4 is 11.6 Å². The van der Waals surface area contributed by atoms with Crippen LogP contribution in [0.2, 0.25) is 0 Å². The van der Waals surface area contributed by atoms with Gasteiger partial charge in [0.2, 0.25) is 5.91 Å². The van der Waals surface area contributed by atoms with E-state index in [-0.39, 0.29) is 17.6 Å². The molecule has 1 aliphatic heterocycles. The van der Waals surface area contributed by atoms with E-state index in [0.717, 1.165) is 12.2 Å². The molecule has 18 heavy (non-hydrogen) atoms. The summed E-state index contributed by atoms with van der Waals surface area (Å²) in [6.07, 6.45) is 5.69. The summed E-state index contributed by atoms with van der Waals surface area (Å²) in [5, 5.41) is 9.31. The molecular formula is C15H15NO2. The fourth-order valence-corrected chi connectivity index (χ4v) is 3.89. The van der Waals surface area contributed by atoms with Crippen LogP contribution < -0.4 is 4.90 Å². The number of fused-ring (bicyclic) bond motifs is 5. The number of phenols is 1. The number of rotatable bonds is 1. The van der Waals surface area contributed by atoms with E-state index < -0.39 is 0 Å². The topological polar surface area (TPSA) is 40.5 Å². The number of phenolic OH excluding ortho intramolecular Hbond substituents is 1. The Hall–Kier alpha value is -1.77. The Bertz CT molecular complexity index is 534. The average Bonchev–Trinajstić information content (AvgIpc) is 3.03. The van der Waals surface area contributed by atoms with E-state index in [1.807, 2.05) is 17.0 Å². The molecule has 1 heterocycles. The normalized spacial score (nSPS) is 36.4.